The van der Waals surface area contributed by atoms with Gasteiger partial charge in [-0.1, -0.05) is 31.5 Å². The van der Waals surface area contributed by atoms with Crippen LogP contribution < -0.4 is 5.32 Å². The van der Waals surface area contributed by atoms with Crippen LogP contribution in [0.5, 0.6) is 0 Å². The average molecular weight is 302 g/mol. The second-order valence-electron chi connectivity index (χ2n) is 5.87. The number of nitrogens with zero attached hydrogens (tertiary/aromatic N) is 2. The monoisotopic (exact) mass is 302 g/mol. The van der Waals surface area contributed by atoms with Gasteiger partial charge in [0.15, 0.2) is 5.16 Å². The molecule has 2 atom stereocenters. The molecule has 1 fully saturated rings. The van der Waals surface area contributed by atoms with E-state index in [9.17, 15) is 0 Å². The van der Waals surface area contributed by atoms with E-state index < -0.39 is 0 Å². The Morgan fingerprint density at radius 3 is 2.76 bits per heavy atom. The highest BCUT2D eigenvalue weighted by Crippen LogP contribution is 2.27. The van der Waals surface area contributed by atoms with Gasteiger partial charge in [0.25, 0.3) is 0 Å². The number of rotatable bonds is 4. The number of aromatic nitrogens is 3. The van der Waals surface area contributed by atoms with Crippen LogP contribution in [0.3, 0.4) is 0 Å². The third-order valence-corrected chi connectivity index (χ3v) is 4.99. The van der Waals surface area contributed by atoms with Gasteiger partial charge >= 0.3 is 0 Å². The van der Waals surface area contributed by atoms with Crippen molar-refractivity contribution < 1.29 is 0 Å². The van der Waals surface area contributed by atoms with E-state index in [2.05, 4.69) is 51.7 Å². The molecule has 0 bridgehead atoms. The van der Waals surface area contributed by atoms with Gasteiger partial charge in [0.05, 0.1) is 0 Å². The van der Waals surface area contributed by atoms with E-state index >= 15 is 0 Å². The molecular weight excluding hydrogens is 280 g/mol. The zero-order chi connectivity index (χ0) is 14.5. The number of benzene rings is 1. The summed E-state index contributed by atoms with van der Waals surface area (Å²) in [5, 5.41) is 11.2. The predicted octanol–water partition coefficient (Wildman–Crippen LogP) is 4.34. The first-order chi connectivity index (χ1) is 10.3. The van der Waals surface area contributed by atoms with E-state index in [-0.39, 0.29) is 0 Å². The number of H-pyrrole nitrogens is 1. The average Bonchev–Trinajstić information content (AvgIpc) is 2.91. The molecular formula is C16H22N4S. The molecule has 1 saturated carbocycles. The van der Waals surface area contributed by atoms with Gasteiger partial charge in [0.2, 0.25) is 0 Å². The maximum absolute atomic E-state index is 4.13. The van der Waals surface area contributed by atoms with Gasteiger partial charge in [-0.15, -0.1) is 0 Å². The molecule has 4 nitrogen and oxygen atoms in total. The van der Waals surface area contributed by atoms with Crippen LogP contribution in [0.25, 0.3) is 0 Å². The Balaban J connectivity index is 1.56. The summed E-state index contributed by atoms with van der Waals surface area (Å²) >= 11 is 1.60. The SMILES string of the molecule is CC1CCCC(Nc2ccc(Sc3ncn[nH]3)cc2)CC1. The van der Waals surface area contributed by atoms with Crippen LogP contribution >= 0.6 is 11.8 Å². The van der Waals surface area contributed by atoms with E-state index in [0.717, 1.165) is 11.1 Å². The maximum Gasteiger partial charge on any atom is 0.188 e. The molecule has 0 aliphatic heterocycles. The first kappa shape index (κ1) is 14.4. The Kier molecular flexibility index (Phi) is 4.80. The number of nitrogens with one attached hydrogen (secondary N) is 2. The third-order valence-electron chi connectivity index (χ3n) is 4.09. The third kappa shape index (κ3) is 4.24. The summed E-state index contributed by atoms with van der Waals surface area (Å²) in [6.45, 7) is 2.37. The highest BCUT2D eigenvalue weighted by Gasteiger charge is 2.15. The van der Waals surface area contributed by atoms with E-state index in [4.69, 9.17) is 0 Å². The minimum atomic E-state index is 0.628. The van der Waals surface area contributed by atoms with Crippen molar-refractivity contribution in [2.75, 3.05) is 5.32 Å². The van der Waals surface area contributed by atoms with E-state index in [1.165, 1.54) is 49.0 Å². The van der Waals surface area contributed by atoms with E-state index in [1.807, 2.05) is 0 Å². The number of aromatic amines is 1. The summed E-state index contributed by atoms with van der Waals surface area (Å²) in [6, 6.07) is 9.21. The molecule has 2 N–H and O–H groups in total. The number of hydrogen-bond donors (Lipinski definition) is 2. The van der Waals surface area contributed by atoms with Crippen molar-refractivity contribution in [1.29, 1.82) is 0 Å². The second-order valence-corrected chi connectivity index (χ2v) is 6.93. The zero-order valence-electron chi connectivity index (χ0n) is 12.4. The molecule has 1 aromatic heterocycles. The lowest BCUT2D eigenvalue weighted by Crippen LogP contribution is -2.18. The summed E-state index contributed by atoms with van der Waals surface area (Å²) in [5.41, 5.74) is 1.22. The summed E-state index contributed by atoms with van der Waals surface area (Å²) in [7, 11) is 0. The van der Waals surface area contributed by atoms with Gasteiger partial charge in [-0.05, 0) is 49.4 Å². The quantitative estimate of drug-likeness (QED) is 0.825. The molecule has 0 amide bonds. The fourth-order valence-corrected chi connectivity index (χ4v) is 3.54. The van der Waals surface area contributed by atoms with Crippen LogP contribution in [0.1, 0.15) is 39.0 Å². The lowest BCUT2D eigenvalue weighted by Gasteiger charge is -2.18. The molecule has 3 rings (SSSR count). The number of hydrogen-bond acceptors (Lipinski definition) is 4. The van der Waals surface area contributed by atoms with Gasteiger partial charge in [0, 0.05) is 16.6 Å². The smallest absolute Gasteiger partial charge is 0.188 e. The largest absolute Gasteiger partial charge is 0.382 e. The Hall–Kier alpha value is -1.49. The van der Waals surface area contributed by atoms with Crippen LogP contribution in [-0.4, -0.2) is 21.2 Å². The highest BCUT2D eigenvalue weighted by atomic mass is 32.2. The molecule has 2 aromatic rings. The van der Waals surface area contributed by atoms with Gasteiger partial charge in [-0.2, -0.15) is 5.10 Å². The van der Waals surface area contributed by atoms with Crippen molar-refractivity contribution in [3.63, 3.8) is 0 Å². The molecule has 1 heterocycles. The fourth-order valence-electron chi connectivity index (χ4n) is 2.84. The Morgan fingerprint density at radius 1 is 1.14 bits per heavy atom. The minimum Gasteiger partial charge on any atom is -0.382 e. The van der Waals surface area contributed by atoms with E-state index in [0.29, 0.717) is 6.04 Å². The van der Waals surface area contributed by atoms with Crippen LogP contribution in [0.15, 0.2) is 40.6 Å². The number of anilines is 1. The first-order valence-corrected chi connectivity index (χ1v) is 8.51. The van der Waals surface area contributed by atoms with Crippen molar-refractivity contribution in [1.82, 2.24) is 15.2 Å². The fraction of sp³-hybridized carbons (Fsp3) is 0.500. The molecule has 1 aliphatic rings. The van der Waals surface area contributed by atoms with Crippen molar-refractivity contribution in [2.24, 2.45) is 5.92 Å². The van der Waals surface area contributed by atoms with Gasteiger partial charge < -0.3 is 5.32 Å². The standard InChI is InChI=1S/C16H22N4S/c1-12-3-2-4-13(6-5-12)19-14-7-9-15(10-8-14)21-16-17-11-18-20-16/h7-13,19H,2-6H2,1H3,(H,17,18,20). The molecule has 5 heteroatoms. The lowest BCUT2D eigenvalue weighted by atomic mass is 10.0. The molecule has 2 unspecified atom stereocenters. The van der Waals surface area contributed by atoms with Crippen molar-refractivity contribution >= 4 is 17.4 Å². The summed E-state index contributed by atoms with van der Waals surface area (Å²) in [5.74, 6) is 0.887. The molecule has 1 aliphatic carbocycles. The van der Waals surface area contributed by atoms with Crippen LogP contribution in [0, 0.1) is 5.92 Å². The van der Waals surface area contributed by atoms with Gasteiger partial charge in [0.1, 0.15) is 6.33 Å². The summed E-state index contributed by atoms with van der Waals surface area (Å²) in [4.78, 5) is 5.30. The topological polar surface area (TPSA) is 53.6 Å². The maximum atomic E-state index is 4.13. The van der Waals surface area contributed by atoms with Crippen LogP contribution in [0.4, 0.5) is 5.69 Å². The highest BCUT2D eigenvalue weighted by molar-refractivity contribution is 7.99. The Labute approximate surface area is 130 Å². The zero-order valence-corrected chi connectivity index (χ0v) is 13.2. The van der Waals surface area contributed by atoms with Crippen molar-refractivity contribution in [3.8, 4) is 0 Å². The molecule has 0 saturated heterocycles. The van der Waals surface area contributed by atoms with Gasteiger partial charge in [-0.25, -0.2) is 4.98 Å². The molecule has 1 aromatic carbocycles. The predicted molar refractivity (Wildman–Crippen MR) is 86.6 cm³/mol. The second kappa shape index (κ2) is 6.98. The molecule has 21 heavy (non-hydrogen) atoms. The minimum absolute atomic E-state index is 0.628. The Morgan fingerprint density at radius 2 is 2.00 bits per heavy atom. The summed E-state index contributed by atoms with van der Waals surface area (Å²) in [6.07, 6.45) is 8.18. The lowest BCUT2D eigenvalue weighted by molar-refractivity contribution is 0.502. The molecule has 0 radical (unpaired) electrons. The van der Waals surface area contributed by atoms with Crippen molar-refractivity contribution in [2.45, 2.75) is 55.1 Å². The van der Waals surface area contributed by atoms with E-state index in [1.54, 1.807) is 11.8 Å². The molecule has 0 spiro atoms. The Bertz CT molecular complexity index is 538. The normalized spacial score (nSPS) is 22.7. The van der Waals surface area contributed by atoms with Crippen LogP contribution in [-0.2, 0) is 0 Å². The summed E-state index contributed by atoms with van der Waals surface area (Å²) < 4.78 is 0. The molecule has 112 valence electrons. The first-order valence-electron chi connectivity index (χ1n) is 7.69. The van der Waals surface area contributed by atoms with Crippen molar-refractivity contribution in [3.05, 3.63) is 30.6 Å². The van der Waals surface area contributed by atoms with Gasteiger partial charge in [-0.3, -0.25) is 5.10 Å². The van der Waals surface area contributed by atoms with Crippen LogP contribution in [0.2, 0.25) is 0 Å².